The van der Waals surface area contributed by atoms with Gasteiger partial charge in [-0.1, -0.05) is 6.42 Å². The number of hydrogen-bond donors (Lipinski definition) is 0. The van der Waals surface area contributed by atoms with Crippen molar-refractivity contribution in [1.29, 1.82) is 5.26 Å². The van der Waals surface area contributed by atoms with Crippen molar-refractivity contribution in [2.45, 2.75) is 58.5 Å². The molecule has 2 heterocycles. The average molecular weight is 431 g/mol. The fourth-order valence-electron chi connectivity index (χ4n) is 3.79. The minimum atomic E-state index is -0.718. The Morgan fingerprint density at radius 2 is 2.06 bits per heavy atom. The Labute approximate surface area is 187 Å². The third-order valence-electron chi connectivity index (χ3n) is 5.43. The molecule has 0 spiro atoms. The number of aromatic nitrogens is 3. The monoisotopic (exact) mass is 430 g/mol. The number of rotatable bonds is 4. The van der Waals surface area contributed by atoms with Gasteiger partial charge in [0.25, 0.3) is 0 Å². The lowest BCUT2D eigenvalue weighted by Crippen LogP contribution is -2.35. The lowest BCUT2D eigenvalue weighted by Gasteiger charge is -2.28. The van der Waals surface area contributed by atoms with Crippen LogP contribution < -0.4 is 4.90 Å². The molecule has 4 rings (SSSR count). The fourth-order valence-corrected chi connectivity index (χ4v) is 3.79. The Bertz CT molecular complexity index is 1240. The van der Waals surface area contributed by atoms with E-state index in [1.807, 2.05) is 40.0 Å². The Morgan fingerprint density at radius 3 is 2.66 bits per heavy atom. The number of nitrogens with zero attached hydrogens (tertiary/aromatic N) is 6. The molecule has 0 atom stereocenters. The van der Waals surface area contributed by atoms with Gasteiger partial charge in [0, 0.05) is 11.6 Å². The number of aliphatic imine (C=N–C) groups is 1. The number of carbonyl (C=O) groups excluding carboxylic acids is 1. The van der Waals surface area contributed by atoms with Crippen molar-refractivity contribution in [3.8, 4) is 6.07 Å². The highest BCUT2D eigenvalue weighted by molar-refractivity contribution is 5.96. The van der Waals surface area contributed by atoms with Crippen LogP contribution in [0.1, 0.15) is 62.6 Å². The molecule has 0 radical (unpaired) electrons. The lowest BCUT2D eigenvalue weighted by molar-refractivity contribution is 0.0597. The number of fused-ring (bicyclic) bond motifs is 1. The zero-order valence-corrected chi connectivity index (χ0v) is 18.8. The highest BCUT2D eigenvalue weighted by atomic mass is 16.6. The van der Waals surface area contributed by atoms with E-state index in [0.29, 0.717) is 34.5 Å². The van der Waals surface area contributed by atoms with Crippen molar-refractivity contribution in [3.05, 3.63) is 47.2 Å². The van der Waals surface area contributed by atoms with Crippen LogP contribution in [0.2, 0.25) is 0 Å². The molecule has 0 saturated heterocycles. The van der Waals surface area contributed by atoms with E-state index in [-0.39, 0.29) is 0 Å². The Balaban J connectivity index is 1.96. The first-order chi connectivity index (χ1) is 15.2. The van der Waals surface area contributed by atoms with Crippen LogP contribution >= 0.6 is 0 Å². The normalized spacial score (nSPS) is 14.0. The van der Waals surface area contributed by atoms with E-state index in [2.05, 4.69) is 27.9 Å². The summed E-state index contributed by atoms with van der Waals surface area (Å²) in [4.78, 5) is 23.5. The SMILES string of the molecule is C=Nc1cc(N(C(=O)OC(C)(C)C)c2cc(C)cc(C#N)c2)n2ncc(C3CCC3)c2n1. The number of benzene rings is 1. The standard InChI is InChI=1S/C24H26N6O2/c1-15-9-16(13-25)11-18(10-15)29(23(31)32-24(2,3)4)21-12-20(26-5)28-22-19(14-27-30(21)22)17-7-6-8-17/h9-12,14,17H,5-8H2,1-4H3. The molecule has 0 aliphatic heterocycles. The lowest BCUT2D eigenvalue weighted by atomic mass is 9.81. The number of amides is 1. The van der Waals surface area contributed by atoms with Crippen LogP contribution in [0, 0.1) is 18.3 Å². The molecule has 3 aromatic rings. The van der Waals surface area contributed by atoms with Crippen LogP contribution in [0.4, 0.5) is 22.1 Å². The van der Waals surface area contributed by atoms with E-state index < -0.39 is 11.7 Å². The van der Waals surface area contributed by atoms with Gasteiger partial charge in [-0.15, -0.1) is 0 Å². The van der Waals surface area contributed by atoms with Crippen LogP contribution in [0.25, 0.3) is 5.65 Å². The van der Waals surface area contributed by atoms with Crippen molar-refractivity contribution < 1.29 is 9.53 Å². The summed E-state index contributed by atoms with van der Waals surface area (Å²) >= 11 is 0. The molecule has 0 bridgehead atoms. The van der Waals surface area contributed by atoms with Crippen LogP contribution in [-0.4, -0.2) is 33.0 Å². The third kappa shape index (κ3) is 4.06. The molecule has 0 unspecified atom stereocenters. The maximum absolute atomic E-state index is 13.4. The number of aryl methyl sites for hydroxylation is 1. The van der Waals surface area contributed by atoms with Crippen molar-refractivity contribution in [2.24, 2.45) is 4.99 Å². The van der Waals surface area contributed by atoms with Gasteiger partial charge in [-0.25, -0.2) is 19.7 Å². The summed E-state index contributed by atoms with van der Waals surface area (Å²) in [7, 11) is 0. The van der Waals surface area contributed by atoms with Crippen molar-refractivity contribution >= 4 is 35.8 Å². The maximum Gasteiger partial charge on any atom is 0.420 e. The second kappa shape index (κ2) is 8.08. The number of ether oxygens (including phenoxy) is 1. The molecule has 2 aromatic heterocycles. The first-order valence-electron chi connectivity index (χ1n) is 10.6. The van der Waals surface area contributed by atoms with Crippen LogP contribution in [0.3, 0.4) is 0 Å². The van der Waals surface area contributed by atoms with E-state index in [0.717, 1.165) is 24.0 Å². The van der Waals surface area contributed by atoms with E-state index in [4.69, 9.17) is 4.74 Å². The summed E-state index contributed by atoms with van der Waals surface area (Å²) < 4.78 is 7.37. The predicted molar refractivity (Wildman–Crippen MR) is 123 cm³/mol. The summed E-state index contributed by atoms with van der Waals surface area (Å²) in [5.74, 6) is 1.20. The molecule has 1 saturated carbocycles. The summed E-state index contributed by atoms with van der Waals surface area (Å²) in [5, 5.41) is 14.0. The molecule has 32 heavy (non-hydrogen) atoms. The Morgan fingerprint density at radius 1 is 1.31 bits per heavy atom. The highest BCUT2D eigenvalue weighted by Gasteiger charge is 2.30. The fraction of sp³-hybridized carbons (Fsp3) is 0.375. The smallest absolute Gasteiger partial charge is 0.420 e. The van der Waals surface area contributed by atoms with Crippen LogP contribution in [0.5, 0.6) is 0 Å². The first kappa shape index (κ1) is 21.5. The van der Waals surface area contributed by atoms with Crippen LogP contribution in [-0.2, 0) is 4.74 Å². The summed E-state index contributed by atoms with van der Waals surface area (Å²) in [6, 6.07) is 9.05. The minimum Gasteiger partial charge on any atom is -0.443 e. The zero-order valence-electron chi connectivity index (χ0n) is 18.8. The topological polar surface area (TPSA) is 95.9 Å². The summed E-state index contributed by atoms with van der Waals surface area (Å²) in [5.41, 5.74) is 2.75. The number of carbonyl (C=O) groups is 1. The Kier molecular flexibility index (Phi) is 5.43. The summed E-state index contributed by atoms with van der Waals surface area (Å²) in [6.07, 6.45) is 4.58. The molecule has 1 fully saturated rings. The molecular weight excluding hydrogens is 404 g/mol. The molecular formula is C24H26N6O2. The number of nitriles is 1. The van der Waals surface area contributed by atoms with Crippen molar-refractivity contribution in [3.63, 3.8) is 0 Å². The van der Waals surface area contributed by atoms with Crippen molar-refractivity contribution in [2.75, 3.05) is 4.90 Å². The molecule has 1 aliphatic carbocycles. The molecule has 1 aromatic carbocycles. The van der Waals surface area contributed by atoms with Gasteiger partial charge in [-0.3, -0.25) is 0 Å². The third-order valence-corrected chi connectivity index (χ3v) is 5.43. The molecule has 1 aliphatic rings. The van der Waals surface area contributed by atoms with E-state index >= 15 is 0 Å². The molecule has 8 heteroatoms. The van der Waals surface area contributed by atoms with Crippen LogP contribution in [0.15, 0.2) is 35.5 Å². The van der Waals surface area contributed by atoms with Gasteiger partial charge in [0.15, 0.2) is 11.5 Å². The predicted octanol–water partition coefficient (Wildman–Crippen LogP) is 5.58. The van der Waals surface area contributed by atoms with Gasteiger partial charge in [0.05, 0.1) is 23.5 Å². The van der Waals surface area contributed by atoms with Gasteiger partial charge >= 0.3 is 6.09 Å². The zero-order chi connectivity index (χ0) is 23.0. The van der Waals surface area contributed by atoms with Gasteiger partial charge in [0.1, 0.15) is 11.4 Å². The maximum atomic E-state index is 13.4. The van der Waals surface area contributed by atoms with Gasteiger partial charge < -0.3 is 4.74 Å². The van der Waals surface area contributed by atoms with E-state index in [1.54, 1.807) is 22.7 Å². The number of hydrogen-bond acceptors (Lipinski definition) is 6. The number of anilines is 2. The van der Waals surface area contributed by atoms with Gasteiger partial charge in [0.2, 0.25) is 0 Å². The van der Waals surface area contributed by atoms with Gasteiger partial charge in [-0.2, -0.15) is 14.9 Å². The van der Waals surface area contributed by atoms with E-state index in [1.165, 1.54) is 11.3 Å². The van der Waals surface area contributed by atoms with Gasteiger partial charge in [-0.05, 0) is 76.9 Å². The van der Waals surface area contributed by atoms with Crippen molar-refractivity contribution in [1.82, 2.24) is 14.6 Å². The summed E-state index contributed by atoms with van der Waals surface area (Å²) in [6.45, 7) is 10.9. The van der Waals surface area contributed by atoms with E-state index in [9.17, 15) is 10.1 Å². The molecule has 0 N–H and O–H groups in total. The second-order valence-corrected chi connectivity index (χ2v) is 9.08. The molecule has 164 valence electrons. The average Bonchev–Trinajstić information content (AvgIpc) is 3.08. The Hall–Kier alpha value is -3.73. The quantitative estimate of drug-likeness (QED) is 0.503. The minimum absolute atomic E-state index is 0.385. The molecule has 1 amide bonds. The largest absolute Gasteiger partial charge is 0.443 e. The second-order valence-electron chi connectivity index (χ2n) is 9.08. The molecule has 8 nitrogen and oxygen atoms in total. The highest BCUT2D eigenvalue weighted by Crippen LogP contribution is 2.40. The first-order valence-corrected chi connectivity index (χ1v) is 10.6.